The molecule has 0 spiro atoms. The minimum Gasteiger partial charge on any atom is -0.361 e. The number of hydrogen-bond donors (Lipinski definition) is 1. The third kappa shape index (κ3) is 2.80. The number of hydrogen-bond acceptors (Lipinski definition) is 5. The Morgan fingerprint density at radius 3 is 3.07 bits per heavy atom. The van der Waals surface area contributed by atoms with Gasteiger partial charge in [0.2, 0.25) is 0 Å². The number of aryl methyl sites for hydroxylation is 1. The van der Waals surface area contributed by atoms with Gasteiger partial charge in [-0.1, -0.05) is 0 Å². The van der Waals surface area contributed by atoms with Crippen LogP contribution < -0.4 is 10.2 Å². The second-order valence-corrected chi connectivity index (χ2v) is 7.56. The van der Waals surface area contributed by atoms with Gasteiger partial charge in [0.05, 0.1) is 35.5 Å². The van der Waals surface area contributed by atoms with Gasteiger partial charge in [-0.3, -0.25) is 9.78 Å². The van der Waals surface area contributed by atoms with E-state index in [0.717, 1.165) is 36.5 Å². The average Bonchev–Trinajstić information content (AvgIpc) is 3.32. The van der Waals surface area contributed by atoms with E-state index < -0.39 is 0 Å². The van der Waals surface area contributed by atoms with E-state index in [4.69, 9.17) is 4.98 Å². The molecule has 1 fully saturated rings. The van der Waals surface area contributed by atoms with Crippen molar-refractivity contribution in [2.75, 3.05) is 11.4 Å². The Morgan fingerprint density at radius 1 is 1.29 bits per heavy atom. The van der Waals surface area contributed by atoms with E-state index >= 15 is 0 Å². The van der Waals surface area contributed by atoms with Crippen LogP contribution in [0, 0.1) is 5.82 Å². The molecule has 0 saturated carbocycles. The summed E-state index contributed by atoms with van der Waals surface area (Å²) in [6.07, 6.45) is 7.96. The van der Waals surface area contributed by atoms with E-state index in [0.29, 0.717) is 24.1 Å². The molecule has 1 N–H and O–H groups in total. The maximum atomic E-state index is 14.0. The van der Waals surface area contributed by atoms with Crippen molar-refractivity contribution >= 4 is 17.2 Å². The summed E-state index contributed by atoms with van der Waals surface area (Å²) < 4.78 is 15.7. The number of rotatable bonds is 0. The first-order valence-electron chi connectivity index (χ1n) is 9.66. The van der Waals surface area contributed by atoms with Crippen molar-refractivity contribution in [2.24, 2.45) is 0 Å². The molecule has 0 aromatic carbocycles. The summed E-state index contributed by atoms with van der Waals surface area (Å²) in [4.78, 5) is 24.1. The normalized spacial score (nSPS) is 22.2. The molecule has 1 saturated heterocycles. The molecule has 2 aliphatic heterocycles. The van der Waals surface area contributed by atoms with Gasteiger partial charge >= 0.3 is 0 Å². The number of aromatic nitrogens is 4. The Morgan fingerprint density at radius 2 is 2.18 bits per heavy atom. The van der Waals surface area contributed by atoms with E-state index in [1.54, 1.807) is 16.8 Å². The van der Waals surface area contributed by atoms with Gasteiger partial charge in [0.1, 0.15) is 11.4 Å². The summed E-state index contributed by atoms with van der Waals surface area (Å²) in [5.74, 6) is -0.515. The summed E-state index contributed by atoms with van der Waals surface area (Å²) in [6, 6.07) is 3.47. The lowest BCUT2D eigenvalue weighted by Crippen LogP contribution is -2.33. The number of nitrogens with zero attached hydrogens (tertiary/aromatic N) is 5. The van der Waals surface area contributed by atoms with Crippen LogP contribution in [0.25, 0.3) is 5.65 Å². The lowest BCUT2D eigenvalue weighted by molar-refractivity contribution is 0.0940. The molecule has 2 aliphatic rings. The second-order valence-electron chi connectivity index (χ2n) is 7.56. The Labute approximate surface area is 161 Å². The Bertz CT molecular complexity index is 1060. The highest BCUT2D eigenvalue weighted by molar-refractivity contribution is 5.99. The number of carbonyl (C=O) groups excluding carboxylic acids is 1. The van der Waals surface area contributed by atoms with Crippen molar-refractivity contribution in [1.29, 1.82) is 0 Å². The summed E-state index contributed by atoms with van der Waals surface area (Å²) >= 11 is 0. The highest BCUT2D eigenvalue weighted by Gasteiger charge is 2.31. The highest BCUT2D eigenvalue weighted by Crippen LogP contribution is 2.37. The molecule has 144 valence electrons. The second kappa shape index (κ2) is 6.54. The monoisotopic (exact) mass is 380 g/mol. The van der Waals surface area contributed by atoms with Crippen LogP contribution in [0.4, 0.5) is 10.1 Å². The zero-order chi connectivity index (χ0) is 19.3. The van der Waals surface area contributed by atoms with Crippen LogP contribution in [-0.2, 0) is 6.42 Å². The van der Waals surface area contributed by atoms with Crippen molar-refractivity contribution in [3.8, 4) is 0 Å². The number of amides is 1. The minimum atomic E-state index is -0.337. The topological polar surface area (TPSA) is 75.4 Å². The molecule has 3 aromatic heterocycles. The summed E-state index contributed by atoms with van der Waals surface area (Å²) in [7, 11) is 0. The maximum absolute atomic E-state index is 14.0. The van der Waals surface area contributed by atoms with E-state index in [9.17, 15) is 9.18 Å². The van der Waals surface area contributed by atoms with Gasteiger partial charge in [0.25, 0.3) is 5.91 Å². The molecule has 2 bridgehead atoms. The third-order valence-corrected chi connectivity index (χ3v) is 5.64. The van der Waals surface area contributed by atoms with Gasteiger partial charge < -0.3 is 10.2 Å². The van der Waals surface area contributed by atoms with Gasteiger partial charge in [-0.2, -0.15) is 5.10 Å². The van der Waals surface area contributed by atoms with E-state index in [-0.39, 0.29) is 23.8 Å². The molecule has 1 amide bonds. The van der Waals surface area contributed by atoms with Crippen molar-refractivity contribution in [1.82, 2.24) is 24.9 Å². The van der Waals surface area contributed by atoms with Crippen LogP contribution >= 0.6 is 0 Å². The predicted molar refractivity (Wildman–Crippen MR) is 102 cm³/mol. The fourth-order valence-electron chi connectivity index (χ4n) is 4.22. The zero-order valence-corrected chi connectivity index (χ0v) is 15.6. The first kappa shape index (κ1) is 17.1. The molecule has 0 unspecified atom stereocenters. The standard InChI is InChI=1S/C20H21FN6O/c1-12-4-5-15-18(9-13(21)10-22-15)26-7-2-3-17(26)16-6-8-27-19(25-16)14(11-23-27)20(28)24-12/h6,8-12,17H,2-5,7H2,1H3,(H,24,28)/t12-,17-/m1/s1. The minimum absolute atomic E-state index is 0.0244. The number of carbonyl (C=O) groups is 1. The Balaban J connectivity index is 1.69. The molecule has 28 heavy (non-hydrogen) atoms. The van der Waals surface area contributed by atoms with Gasteiger partial charge in [0, 0.05) is 24.8 Å². The van der Waals surface area contributed by atoms with Crippen LogP contribution in [0.3, 0.4) is 0 Å². The van der Waals surface area contributed by atoms with Crippen molar-refractivity contribution < 1.29 is 9.18 Å². The quantitative estimate of drug-likeness (QED) is 0.649. The molecule has 2 atom stereocenters. The number of nitrogens with one attached hydrogen (secondary N) is 1. The first-order chi connectivity index (χ1) is 13.6. The fourth-order valence-corrected chi connectivity index (χ4v) is 4.22. The summed E-state index contributed by atoms with van der Waals surface area (Å²) in [6.45, 7) is 2.79. The lowest BCUT2D eigenvalue weighted by Gasteiger charge is -2.28. The number of pyridine rings is 1. The van der Waals surface area contributed by atoms with Crippen LogP contribution in [0.15, 0.2) is 30.7 Å². The SMILES string of the molecule is C[C@@H]1CCc2ncc(F)cc2N2CCC[C@@H]2c2ccn3ncc(c3n2)C(=O)N1. The van der Waals surface area contributed by atoms with Crippen LogP contribution in [-0.4, -0.2) is 38.1 Å². The largest absolute Gasteiger partial charge is 0.361 e. The van der Waals surface area contributed by atoms with Crippen LogP contribution in [0.5, 0.6) is 0 Å². The van der Waals surface area contributed by atoms with Gasteiger partial charge in [-0.25, -0.2) is 13.9 Å². The lowest BCUT2D eigenvalue weighted by atomic mass is 10.1. The van der Waals surface area contributed by atoms with E-state index in [2.05, 4.69) is 20.3 Å². The molecule has 0 radical (unpaired) electrons. The van der Waals surface area contributed by atoms with Crippen LogP contribution in [0.1, 0.15) is 54.0 Å². The maximum Gasteiger partial charge on any atom is 0.256 e. The Kier molecular flexibility index (Phi) is 3.99. The molecule has 5 rings (SSSR count). The number of fused-ring (bicyclic) bond motifs is 5. The summed E-state index contributed by atoms with van der Waals surface area (Å²) in [5, 5.41) is 7.28. The average molecular weight is 380 g/mol. The van der Waals surface area contributed by atoms with Gasteiger partial charge in [-0.15, -0.1) is 0 Å². The van der Waals surface area contributed by atoms with Crippen molar-refractivity contribution in [3.63, 3.8) is 0 Å². The predicted octanol–water partition coefficient (Wildman–Crippen LogP) is 2.67. The molecule has 8 heteroatoms. The van der Waals surface area contributed by atoms with Gasteiger partial charge in [-0.05, 0) is 38.7 Å². The molecule has 0 aliphatic carbocycles. The molecule has 5 heterocycles. The first-order valence-corrected chi connectivity index (χ1v) is 9.66. The molecule has 3 aromatic rings. The molecular formula is C20H21FN6O. The fraction of sp³-hybridized carbons (Fsp3) is 0.400. The zero-order valence-electron chi connectivity index (χ0n) is 15.6. The smallest absolute Gasteiger partial charge is 0.256 e. The van der Waals surface area contributed by atoms with E-state index in [1.807, 2.05) is 19.2 Å². The van der Waals surface area contributed by atoms with E-state index in [1.165, 1.54) is 6.20 Å². The number of halogens is 1. The highest BCUT2D eigenvalue weighted by atomic mass is 19.1. The third-order valence-electron chi connectivity index (χ3n) is 5.64. The molecular weight excluding hydrogens is 359 g/mol. The molecule has 7 nitrogen and oxygen atoms in total. The van der Waals surface area contributed by atoms with Crippen molar-refractivity contribution in [3.05, 3.63) is 53.5 Å². The van der Waals surface area contributed by atoms with Crippen molar-refractivity contribution in [2.45, 2.75) is 44.7 Å². The Hall–Kier alpha value is -3.03. The van der Waals surface area contributed by atoms with Gasteiger partial charge in [0.15, 0.2) is 5.65 Å². The summed E-state index contributed by atoms with van der Waals surface area (Å²) in [5.41, 5.74) is 3.57. The van der Waals surface area contributed by atoms with Crippen LogP contribution in [0.2, 0.25) is 0 Å². The number of anilines is 1.